The Morgan fingerprint density at radius 2 is 1.47 bits per heavy atom. The fourth-order valence-corrected chi connectivity index (χ4v) is 4.18. The van der Waals surface area contributed by atoms with Gasteiger partial charge in [0.1, 0.15) is 11.1 Å². The van der Waals surface area contributed by atoms with Gasteiger partial charge in [0, 0.05) is 57.7 Å². The second-order valence-electron chi connectivity index (χ2n) is 8.36. The van der Waals surface area contributed by atoms with Crippen molar-refractivity contribution in [3.63, 3.8) is 0 Å². The van der Waals surface area contributed by atoms with Crippen LogP contribution in [0.2, 0.25) is 0 Å². The van der Waals surface area contributed by atoms with Crippen LogP contribution in [0.4, 0.5) is 0 Å². The smallest absolute Gasteiger partial charge is 0.147 e. The molecule has 0 bridgehead atoms. The maximum atomic E-state index is 7.49. The number of aryl methyl sites for hydroxylation is 2. The molecule has 0 aliphatic heterocycles. The standard InChI is InChI=1S/C21H13N2O.C12H10N.Ir/c1-13-7-10-18(23-12-13)17-6-2-5-15-16-9-8-14-4-3-11-22-19(14)21(16)24-20(15)17;1-10-7-8-12(13-9-10)11-5-3-2-4-6-11;/h2-5,7-12H,1H3;2-5,7-9H,1H3;/q2*-1;/i2*1D3;. The van der Waals surface area contributed by atoms with Crippen molar-refractivity contribution >= 4 is 32.8 Å². The van der Waals surface area contributed by atoms with Gasteiger partial charge in [-0.25, -0.2) is 0 Å². The van der Waals surface area contributed by atoms with Crippen molar-refractivity contribution in [3.8, 4) is 22.5 Å². The van der Waals surface area contributed by atoms with E-state index in [0.29, 0.717) is 16.8 Å². The third kappa shape index (κ3) is 4.99. The van der Waals surface area contributed by atoms with E-state index in [4.69, 9.17) is 12.6 Å². The van der Waals surface area contributed by atoms with Crippen LogP contribution >= 0.6 is 0 Å². The SMILES string of the molecule is [2H]C([2H])([2H])c1ccc(-c2[c-]ccc3c2oc2c3ccc3cccnc32)nc1.[2H]C([2H])([2H])c1ccc(-c2[c-]cccc2)nc1.[Ir]. The number of benzene rings is 3. The summed E-state index contributed by atoms with van der Waals surface area (Å²) in [4.78, 5) is 12.9. The van der Waals surface area contributed by atoms with E-state index in [1.54, 1.807) is 36.5 Å². The Morgan fingerprint density at radius 1 is 0.684 bits per heavy atom. The van der Waals surface area contributed by atoms with E-state index in [-0.39, 0.29) is 31.2 Å². The summed E-state index contributed by atoms with van der Waals surface area (Å²) in [7, 11) is 0. The molecule has 0 aliphatic rings. The summed E-state index contributed by atoms with van der Waals surface area (Å²) in [6, 6.07) is 31.9. The molecule has 0 fully saturated rings. The van der Waals surface area contributed by atoms with E-state index < -0.39 is 13.7 Å². The van der Waals surface area contributed by atoms with Crippen LogP contribution < -0.4 is 0 Å². The summed E-state index contributed by atoms with van der Waals surface area (Å²) >= 11 is 0. The molecular formula is C33H23IrN3O-2. The summed E-state index contributed by atoms with van der Waals surface area (Å²) in [5, 5.41) is 2.94. The van der Waals surface area contributed by atoms with Gasteiger partial charge in [0.25, 0.3) is 0 Å². The molecule has 7 rings (SSSR count). The minimum Gasteiger partial charge on any atom is -0.498 e. The van der Waals surface area contributed by atoms with Crippen LogP contribution in [0, 0.1) is 25.8 Å². The van der Waals surface area contributed by atoms with Crippen molar-refractivity contribution in [3.05, 3.63) is 127 Å². The molecular weight excluding hydrogens is 647 g/mol. The van der Waals surface area contributed by atoms with Crippen LogP contribution in [0.5, 0.6) is 0 Å². The predicted octanol–water partition coefficient (Wildman–Crippen LogP) is 8.16. The molecule has 0 amide bonds. The first-order valence-electron chi connectivity index (χ1n) is 14.6. The Balaban J connectivity index is 0.000000194. The summed E-state index contributed by atoms with van der Waals surface area (Å²) in [6.45, 7) is -4.27. The third-order valence-corrected chi connectivity index (χ3v) is 5.94. The first kappa shape index (κ1) is 19.0. The molecule has 3 aromatic carbocycles. The normalized spacial score (nSPS) is 13.7. The number of hydrogen-bond donors (Lipinski definition) is 0. The second-order valence-corrected chi connectivity index (χ2v) is 8.36. The van der Waals surface area contributed by atoms with Crippen LogP contribution in [-0.4, -0.2) is 15.0 Å². The molecule has 0 atom stereocenters. The van der Waals surface area contributed by atoms with Gasteiger partial charge in [-0.2, -0.15) is 0 Å². The maximum Gasteiger partial charge on any atom is 0.147 e. The maximum absolute atomic E-state index is 7.49. The van der Waals surface area contributed by atoms with Gasteiger partial charge in [0.15, 0.2) is 0 Å². The van der Waals surface area contributed by atoms with Gasteiger partial charge in [-0.15, -0.1) is 54.1 Å². The summed E-state index contributed by atoms with van der Waals surface area (Å²) < 4.78 is 50.4. The fourth-order valence-electron chi connectivity index (χ4n) is 4.18. The summed E-state index contributed by atoms with van der Waals surface area (Å²) in [5.74, 6) is 0. The van der Waals surface area contributed by atoms with E-state index in [1.165, 1.54) is 12.4 Å². The number of fused-ring (bicyclic) bond motifs is 5. The first-order chi connectivity index (χ1) is 20.6. The van der Waals surface area contributed by atoms with Crippen LogP contribution in [0.3, 0.4) is 0 Å². The van der Waals surface area contributed by atoms with E-state index in [9.17, 15) is 0 Å². The van der Waals surface area contributed by atoms with Gasteiger partial charge >= 0.3 is 0 Å². The fraction of sp³-hybridized carbons (Fsp3) is 0.0606. The zero-order valence-electron chi connectivity index (χ0n) is 25.9. The molecule has 0 saturated carbocycles. The summed E-state index contributed by atoms with van der Waals surface area (Å²) in [6.07, 6.45) is 4.52. The van der Waals surface area contributed by atoms with Gasteiger partial charge in [-0.1, -0.05) is 53.4 Å². The minimum atomic E-state index is -2.18. The quantitative estimate of drug-likeness (QED) is 0.174. The first-order valence-corrected chi connectivity index (χ1v) is 11.6. The van der Waals surface area contributed by atoms with E-state index >= 15 is 0 Å². The van der Waals surface area contributed by atoms with Crippen molar-refractivity contribution in [2.75, 3.05) is 0 Å². The average Bonchev–Trinajstić information content (AvgIpc) is 3.41. The number of aromatic nitrogens is 3. The van der Waals surface area contributed by atoms with Gasteiger partial charge < -0.3 is 14.4 Å². The van der Waals surface area contributed by atoms with Crippen molar-refractivity contribution in [2.24, 2.45) is 0 Å². The Morgan fingerprint density at radius 3 is 2.18 bits per heavy atom. The zero-order chi connectivity index (χ0) is 30.2. The minimum absolute atomic E-state index is 0. The van der Waals surface area contributed by atoms with Gasteiger partial charge in [-0.3, -0.25) is 4.98 Å². The van der Waals surface area contributed by atoms with Crippen LogP contribution in [0.25, 0.3) is 55.4 Å². The molecule has 0 aliphatic carbocycles. The molecule has 1 radical (unpaired) electrons. The Bertz CT molecular complexity index is 2040. The molecule has 5 heteroatoms. The molecule has 0 N–H and O–H groups in total. The van der Waals surface area contributed by atoms with Crippen molar-refractivity contribution in [2.45, 2.75) is 13.7 Å². The topological polar surface area (TPSA) is 51.8 Å². The van der Waals surface area contributed by atoms with E-state index in [2.05, 4.69) is 27.1 Å². The number of hydrogen-bond acceptors (Lipinski definition) is 4. The average molecular weight is 676 g/mol. The number of nitrogens with zero attached hydrogens (tertiary/aromatic N) is 3. The number of rotatable bonds is 2. The second kappa shape index (κ2) is 11.1. The van der Waals surface area contributed by atoms with Crippen LogP contribution in [0.1, 0.15) is 19.4 Å². The molecule has 4 nitrogen and oxygen atoms in total. The van der Waals surface area contributed by atoms with Gasteiger partial charge in [0.05, 0.1) is 5.58 Å². The van der Waals surface area contributed by atoms with Crippen molar-refractivity contribution in [1.82, 2.24) is 15.0 Å². The third-order valence-electron chi connectivity index (χ3n) is 5.94. The number of furan rings is 1. The van der Waals surface area contributed by atoms with Crippen molar-refractivity contribution < 1.29 is 32.7 Å². The molecule has 0 saturated heterocycles. The van der Waals surface area contributed by atoms with Gasteiger partial charge in [-0.05, 0) is 42.3 Å². The molecule has 4 heterocycles. The molecule has 7 aromatic rings. The summed E-state index contributed by atoms with van der Waals surface area (Å²) in [5.41, 5.74) is 5.57. The molecule has 4 aromatic heterocycles. The van der Waals surface area contributed by atoms with E-state index in [1.807, 2.05) is 54.6 Å². The van der Waals surface area contributed by atoms with Crippen LogP contribution in [0.15, 0.2) is 108 Å². The van der Waals surface area contributed by atoms with Crippen molar-refractivity contribution in [1.29, 1.82) is 0 Å². The molecule has 0 spiro atoms. The van der Waals surface area contributed by atoms with Gasteiger partial charge in [0.2, 0.25) is 0 Å². The largest absolute Gasteiger partial charge is 0.498 e. The number of pyridine rings is 3. The zero-order valence-corrected chi connectivity index (χ0v) is 22.3. The monoisotopic (exact) mass is 676 g/mol. The van der Waals surface area contributed by atoms with Crippen LogP contribution in [-0.2, 0) is 20.1 Å². The molecule has 0 unspecified atom stereocenters. The molecule has 38 heavy (non-hydrogen) atoms. The predicted molar refractivity (Wildman–Crippen MR) is 149 cm³/mol. The Labute approximate surface area is 243 Å². The molecule has 187 valence electrons. The Hall–Kier alpha value is -4.18. The Kier molecular flexibility index (Phi) is 5.52. The van der Waals surface area contributed by atoms with E-state index in [0.717, 1.165) is 38.5 Å².